The van der Waals surface area contributed by atoms with Gasteiger partial charge >= 0.3 is 5.95 Å². The van der Waals surface area contributed by atoms with Crippen molar-refractivity contribution in [3.8, 4) is 17.6 Å². The number of rotatable bonds is 6. The summed E-state index contributed by atoms with van der Waals surface area (Å²) in [5.74, 6) is -0.438. The van der Waals surface area contributed by atoms with E-state index in [1.54, 1.807) is 43.3 Å². The minimum atomic E-state index is -0.639. The minimum Gasteiger partial charge on any atom is -0.479 e. The molecule has 0 fully saturated rings. The summed E-state index contributed by atoms with van der Waals surface area (Å²) in [7, 11) is 0. The van der Waals surface area contributed by atoms with E-state index in [0.29, 0.717) is 22.5 Å². The van der Waals surface area contributed by atoms with Crippen LogP contribution in [0.2, 0.25) is 0 Å². The fraction of sp³-hybridized carbons (Fsp3) is 0.105. The van der Waals surface area contributed by atoms with Crippen molar-refractivity contribution in [1.82, 2.24) is 20.1 Å². The largest absolute Gasteiger partial charge is 0.479 e. The molecule has 0 spiro atoms. The van der Waals surface area contributed by atoms with Crippen molar-refractivity contribution in [2.75, 3.05) is 6.61 Å². The molecule has 0 aliphatic carbocycles. The molecule has 30 heavy (non-hydrogen) atoms. The number of hydrogen-bond acceptors (Lipinski definition) is 9. The Morgan fingerprint density at radius 1 is 1.30 bits per heavy atom. The van der Waals surface area contributed by atoms with E-state index in [9.17, 15) is 14.7 Å². The molecule has 0 saturated heterocycles. The number of oxazole rings is 1. The number of hydrogen-bond donors (Lipinski definition) is 2. The van der Waals surface area contributed by atoms with Crippen LogP contribution in [0.4, 0.5) is 0 Å². The number of para-hydroxylation sites is 1. The Morgan fingerprint density at radius 3 is 2.93 bits per heavy atom. The molecule has 3 heterocycles. The zero-order valence-corrected chi connectivity index (χ0v) is 15.6. The highest BCUT2D eigenvalue weighted by Gasteiger charge is 2.14. The summed E-state index contributed by atoms with van der Waals surface area (Å²) < 4.78 is 11.1. The van der Waals surface area contributed by atoms with Crippen LogP contribution in [0, 0.1) is 6.92 Å². The predicted molar refractivity (Wildman–Crippen MR) is 104 cm³/mol. The van der Waals surface area contributed by atoms with Crippen molar-refractivity contribution >= 4 is 23.0 Å². The first-order valence-corrected chi connectivity index (χ1v) is 8.70. The van der Waals surface area contributed by atoms with Gasteiger partial charge in [-0.05, 0) is 31.2 Å². The zero-order valence-electron chi connectivity index (χ0n) is 15.6. The van der Waals surface area contributed by atoms with Gasteiger partial charge in [-0.15, -0.1) is 4.73 Å². The molecule has 3 aromatic heterocycles. The van der Waals surface area contributed by atoms with E-state index in [-0.39, 0.29) is 11.6 Å². The number of furan rings is 1. The third kappa shape index (κ3) is 3.76. The smallest absolute Gasteiger partial charge is 0.312 e. The first kappa shape index (κ1) is 18.9. The Morgan fingerprint density at radius 2 is 2.13 bits per heavy atom. The molecule has 11 heteroatoms. The molecule has 0 saturated carbocycles. The number of aromatic hydroxyl groups is 1. The molecular weight excluding hydrogens is 394 g/mol. The topological polar surface area (TPSA) is 145 Å². The summed E-state index contributed by atoms with van der Waals surface area (Å²) in [4.78, 5) is 38.0. The van der Waals surface area contributed by atoms with Gasteiger partial charge in [0.2, 0.25) is 0 Å². The third-order valence-electron chi connectivity index (χ3n) is 3.96. The van der Waals surface area contributed by atoms with Crippen molar-refractivity contribution in [2.24, 2.45) is 5.10 Å². The SMILES string of the molecule is Cc1nc2ccccc2c(=O)n1OCC(=O)NN=Cc1nc(-c2ccco2)oc1O. The lowest BCUT2D eigenvalue weighted by Gasteiger charge is -2.10. The molecule has 152 valence electrons. The fourth-order valence-corrected chi connectivity index (χ4v) is 2.61. The second-order valence-electron chi connectivity index (χ2n) is 6.03. The normalized spacial score (nSPS) is 11.2. The van der Waals surface area contributed by atoms with Crippen LogP contribution in [0.1, 0.15) is 11.5 Å². The van der Waals surface area contributed by atoms with Crippen LogP contribution < -0.4 is 15.8 Å². The number of carbonyl (C=O) groups excluding carboxylic acids is 1. The molecule has 0 aliphatic heterocycles. The summed E-state index contributed by atoms with van der Waals surface area (Å²) in [5.41, 5.74) is 2.31. The second kappa shape index (κ2) is 7.91. The van der Waals surface area contributed by atoms with Gasteiger partial charge in [-0.1, -0.05) is 12.1 Å². The molecule has 0 atom stereocenters. The van der Waals surface area contributed by atoms with Gasteiger partial charge in [-0.25, -0.2) is 15.4 Å². The number of aryl methyl sites for hydroxylation is 1. The van der Waals surface area contributed by atoms with Crippen LogP contribution in [0.5, 0.6) is 5.95 Å². The van der Waals surface area contributed by atoms with Crippen molar-refractivity contribution < 1.29 is 23.6 Å². The molecule has 2 N–H and O–H groups in total. The Bertz CT molecular complexity index is 1290. The highest BCUT2D eigenvalue weighted by Crippen LogP contribution is 2.25. The van der Waals surface area contributed by atoms with E-state index in [2.05, 4.69) is 20.5 Å². The molecule has 0 unspecified atom stereocenters. The van der Waals surface area contributed by atoms with E-state index in [1.807, 2.05) is 0 Å². The van der Waals surface area contributed by atoms with Crippen molar-refractivity contribution in [3.63, 3.8) is 0 Å². The van der Waals surface area contributed by atoms with Gasteiger partial charge in [0.05, 0.1) is 23.4 Å². The maximum Gasteiger partial charge on any atom is 0.312 e. The van der Waals surface area contributed by atoms with Crippen LogP contribution in [-0.2, 0) is 4.79 Å². The molecular formula is C19H15N5O6. The Kier molecular flexibility index (Phi) is 4.99. The number of nitrogens with one attached hydrogen (secondary N) is 1. The predicted octanol–water partition coefficient (Wildman–Crippen LogP) is 1.24. The number of nitrogens with zero attached hydrogens (tertiary/aromatic N) is 4. The average molecular weight is 409 g/mol. The van der Waals surface area contributed by atoms with Crippen molar-refractivity contribution in [1.29, 1.82) is 0 Å². The summed E-state index contributed by atoms with van der Waals surface area (Å²) in [6, 6.07) is 10.1. The first-order valence-electron chi connectivity index (χ1n) is 8.70. The van der Waals surface area contributed by atoms with Crippen LogP contribution in [0.3, 0.4) is 0 Å². The summed E-state index contributed by atoms with van der Waals surface area (Å²) >= 11 is 0. The standard InChI is InChI=1S/C19H15N5O6/c1-11-21-13-6-3-2-5-12(13)18(26)24(11)29-10-16(25)23-20-9-14-19(27)30-17(22-14)15-7-4-8-28-15/h2-9,27H,10H2,1H3,(H,23,25). The fourth-order valence-electron chi connectivity index (χ4n) is 2.61. The van der Waals surface area contributed by atoms with E-state index in [4.69, 9.17) is 13.7 Å². The summed E-state index contributed by atoms with van der Waals surface area (Å²) in [6.45, 7) is 1.11. The molecule has 0 radical (unpaired) electrons. The lowest BCUT2D eigenvalue weighted by Crippen LogP contribution is -2.35. The van der Waals surface area contributed by atoms with Gasteiger partial charge in [-0.2, -0.15) is 5.10 Å². The molecule has 0 bridgehead atoms. The molecule has 11 nitrogen and oxygen atoms in total. The molecule has 4 rings (SSSR count). The second-order valence-corrected chi connectivity index (χ2v) is 6.03. The lowest BCUT2D eigenvalue weighted by molar-refractivity contribution is -0.126. The quantitative estimate of drug-likeness (QED) is 0.357. The monoisotopic (exact) mass is 409 g/mol. The molecule has 1 amide bonds. The van der Waals surface area contributed by atoms with E-state index in [1.165, 1.54) is 6.26 Å². The molecule has 0 aliphatic rings. The van der Waals surface area contributed by atoms with E-state index >= 15 is 0 Å². The number of fused-ring (bicyclic) bond motifs is 1. The molecule has 1 aromatic carbocycles. The number of benzene rings is 1. The van der Waals surface area contributed by atoms with Gasteiger partial charge in [0.1, 0.15) is 5.82 Å². The van der Waals surface area contributed by atoms with E-state index in [0.717, 1.165) is 10.9 Å². The number of hydrazone groups is 1. The average Bonchev–Trinajstić information content (AvgIpc) is 3.38. The van der Waals surface area contributed by atoms with E-state index < -0.39 is 24.0 Å². The lowest BCUT2D eigenvalue weighted by atomic mass is 10.2. The third-order valence-corrected chi connectivity index (χ3v) is 3.96. The van der Waals surface area contributed by atoms with Gasteiger partial charge in [0.25, 0.3) is 17.4 Å². The van der Waals surface area contributed by atoms with Gasteiger partial charge in [0, 0.05) is 0 Å². The number of carbonyl (C=O) groups is 1. The minimum absolute atomic E-state index is 0.00610. The highest BCUT2D eigenvalue weighted by molar-refractivity contribution is 5.83. The van der Waals surface area contributed by atoms with Gasteiger partial charge in [-0.3, -0.25) is 9.59 Å². The van der Waals surface area contributed by atoms with Crippen LogP contribution in [-0.4, -0.2) is 38.5 Å². The maximum atomic E-state index is 12.5. The van der Waals surface area contributed by atoms with Gasteiger partial charge in [0.15, 0.2) is 18.1 Å². The number of amides is 1. The van der Waals surface area contributed by atoms with Crippen LogP contribution >= 0.6 is 0 Å². The maximum absolute atomic E-state index is 12.5. The number of aromatic nitrogens is 3. The van der Waals surface area contributed by atoms with Crippen molar-refractivity contribution in [3.05, 3.63) is 64.5 Å². The van der Waals surface area contributed by atoms with Crippen LogP contribution in [0.15, 0.2) is 61.4 Å². The Hall–Kier alpha value is -4.41. The van der Waals surface area contributed by atoms with Crippen LogP contribution in [0.25, 0.3) is 22.6 Å². The highest BCUT2D eigenvalue weighted by atomic mass is 16.7. The zero-order chi connectivity index (χ0) is 21.1. The Labute approximate surface area is 168 Å². The summed E-state index contributed by atoms with van der Waals surface area (Å²) in [5, 5.41) is 13.8. The summed E-state index contributed by atoms with van der Waals surface area (Å²) in [6.07, 6.45) is 2.53. The van der Waals surface area contributed by atoms with Gasteiger partial charge < -0.3 is 18.8 Å². The van der Waals surface area contributed by atoms with Crippen molar-refractivity contribution in [2.45, 2.75) is 6.92 Å². The molecule has 4 aromatic rings. The Balaban J connectivity index is 1.39. The first-order chi connectivity index (χ1) is 14.5.